The van der Waals surface area contributed by atoms with Crippen LogP contribution in [-0.2, 0) is 14.3 Å². The number of carbonyl (C=O) groups is 4. The summed E-state index contributed by atoms with van der Waals surface area (Å²) in [6.45, 7) is 1.54. The molecular formula is C31H27NO5. The van der Waals surface area contributed by atoms with E-state index in [9.17, 15) is 19.2 Å². The number of anilines is 1. The van der Waals surface area contributed by atoms with Crippen LogP contribution in [0.2, 0.25) is 0 Å². The Hall–Kier alpha value is -4.06. The molecule has 0 unspecified atom stereocenters. The molecule has 186 valence electrons. The number of benzene rings is 3. The zero-order valence-electron chi connectivity index (χ0n) is 20.4. The Balaban J connectivity index is 1.16. The second kappa shape index (κ2) is 9.11. The highest BCUT2D eigenvalue weighted by molar-refractivity contribution is 6.22. The molecule has 0 aromatic heterocycles. The summed E-state index contributed by atoms with van der Waals surface area (Å²) in [4.78, 5) is 53.4. The lowest BCUT2D eigenvalue weighted by molar-refractivity contribution is -0.123. The Morgan fingerprint density at radius 1 is 0.784 bits per heavy atom. The van der Waals surface area contributed by atoms with Crippen molar-refractivity contribution in [1.29, 1.82) is 0 Å². The molecule has 1 heterocycles. The average Bonchev–Trinajstić information content (AvgIpc) is 3.60. The zero-order chi connectivity index (χ0) is 25.7. The zero-order valence-corrected chi connectivity index (χ0v) is 20.4. The largest absolute Gasteiger partial charge is 0.451 e. The van der Waals surface area contributed by atoms with Gasteiger partial charge < -0.3 is 4.74 Å². The summed E-state index contributed by atoms with van der Waals surface area (Å²) in [6.07, 6.45) is 0.918. The molecule has 3 aliphatic rings. The summed E-state index contributed by atoms with van der Waals surface area (Å²) >= 11 is 0. The summed E-state index contributed by atoms with van der Waals surface area (Å²) in [6, 6.07) is 25.2. The lowest BCUT2D eigenvalue weighted by atomic mass is 9.73. The van der Waals surface area contributed by atoms with Crippen LogP contribution in [0.15, 0.2) is 84.9 Å². The molecule has 0 N–H and O–H groups in total. The Bertz CT molecular complexity index is 1370. The minimum Gasteiger partial charge on any atom is -0.451 e. The fourth-order valence-electron chi connectivity index (χ4n) is 6.66. The standard InChI is InChI=1S/C31H27NO5/c1-18(28(33)20-10-6-3-7-11-20)37-31(36)21-12-14-23(15-13-21)32-29(34)26-22-16-24(19-8-4-2-5-9-19)25(17-22)27(26)30(32)35/h2-15,18,22,24-27H,16-17H2,1H3/t18-,22+,24-,25+,26-,27-/m0/s1. The number of Topliss-reactive ketones (excluding diaryl/α,β-unsaturated/α-hetero) is 1. The van der Waals surface area contributed by atoms with Crippen molar-refractivity contribution < 1.29 is 23.9 Å². The first kappa shape index (κ1) is 23.3. The normalized spacial score (nSPS) is 26.7. The van der Waals surface area contributed by atoms with Crippen LogP contribution in [-0.4, -0.2) is 29.7 Å². The summed E-state index contributed by atoms with van der Waals surface area (Å²) in [5.74, 6) is -1.03. The van der Waals surface area contributed by atoms with Gasteiger partial charge in [-0.3, -0.25) is 19.3 Å². The van der Waals surface area contributed by atoms with Crippen LogP contribution in [0.1, 0.15) is 52.0 Å². The molecule has 1 aliphatic heterocycles. The second-order valence-corrected chi connectivity index (χ2v) is 10.3. The van der Waals surface area contributed by atoms with Gasteiger partial charge in [0.1, 0.15) is 0 Å². The van der Waals surface area contributed by atoms with Gasteiger partial charge in [-0.05, 0) is 67.3 Å². The fraction of sp³-hybridized carbons (Fsp3) is 0.290. The molecule has 2 aliphatic carbocycles. The Morgan fingerprint density at radius 3 is 2.08 bits per heavy atom. The number of hydrogen-bond acceptors (Lipinski definition) is 5. The molecule has 3 fully saturated rings. The monoisotopic (exact) mass is 493 g/mol. The van der Waals surface area contributed by atoms with Crippen LogP contribution in [0.25, 0.3) is 0 Å². The SMILES string of the molecule is C[C@H](OC(=O)c1ccc(N2C(=O)[C@H]3[C@H]4C[C@@H]([C@@H]3C2=O)[C@H](c2ccccc2)C4)cc1)C(=O)c1ccccc1. The highest BCUT2D eigenvalue weighted by Gasteiger charge is 2.64. The van der Waals surface area contributed by atoms with Crippen molar-refractivity contribution in [1.82, 2.24) is 0 Å². The van der Waals surface area contributed by atoms with Crippen molar-refractivity contribution in [2.75, 3.05) is 4.90 Å². The van der Waals surface area contributed by atoms with Gasteiger partial charge in [0.15, 0.2) is 6.10 Å². The van der Waals surface area contributed by atoms with Crippen LogP contribution in [0.3, 0.4) is 0 Å². The topological polar surface area (TPSA) is 80.8 Å². The molecule has 6 nitrogen and oxygen atoms in total. The maximum atomic E-state index is 13.5. The lowest BCUT2D eigenvalue weighted by Crippen LogP contribution is -2.33. The van der Waals surface area contributed by atoms with Crippen LogP contribution in [0.5, 0.6) is 0 Å². The summed E-state index contributed by atoms with van der Waals surface area (Å²) in [7, 11) is 0. The molecule has 2 bridgehead atoms. The van der Waals surface area contributed by atoms with Crippen molar-refractivity contribution >= 4 is 29.3 Å². The van der Waals surface area contributed by atoms with E-state index >= 15 is 0 Å². The quantitative estimate of drug-likeness (QED) is 0.273. The number of amides is 2. The molecule has 0 radical (unpaired) electrons. The number of esters is 1. The Kier molecular flexibility index (Phi) is 5.75. The maximum Gasteiger partial charge on any atom is 0.338 e. The summed E-state index contributed by atoms with van der Waals surface area (Å²) in [5.41, 5.74) is 2.43. The molecule has 6 atom stereocenters. The van der Waals surface area contributed by atoms with Crippen molar-refractivity contribution in [3.8, 4) is 0 Å². The minimum absolute atomic E-state index is 0.133. The van der Waals surface area contributed by atoms with Gasteiger partial charge >= 0.3 is 5.97 Å². The molecule has 6 rings (SSSR count). The van der Waals surface area contributed by atoms with Gasteiger partial charge in [0.2, 0.25) is 17.6 Å². The van der Waals surface area contributed by atoms with Gasteiger partial charge in [0, 0.05) is 5.56 Å². The molecular weight excluding hydrogens is 466 g/mol. The third-order valence-corrected chi connectivity index (χ3v) is 8.32. The van der Waals surface area contributed by atoms with E-state index in [0.717, 1.165) is 12.8 Å². The first-order valence-corrected chi connectivity index (χ1v) is 12.8. The number of nitrogens with zero attached hydrogens (tertiary/aromatic N) is 1. The lowest BCUT2D eigenvalue weighted by Gasteiger charge is -2.28. The van der Waals surface area contributed by atoms with Crippen molar-refractivity contribution in [2.45, 2.75) is 31.8 Å². The fourth-order valence-corrected chi connectivity index (χ4v) is 6.66. The Morgan fingerprint density at radius 2 is 1.41 bits per heavy atom. The number of carbonyl (C=O) groups excluding carboxylic acids is 4. The highest BCUT2D eigenvalue weighted by atomic mass is 16.5. The van der Waals surface area contributed by atoms with Gasteiger partial charge in [0.05, 0.1) is 23.1 Å². The molecule has 2 saturated carbocycles. The molecule has 1 saturated heterocycles. The Labute approximate surface area is 215 Å². The van der Waals surface area contributed by atoms with Gasteiger partial charge in [-0.15, -0.1) is 0 Å². The van der Waals surface area contributed by atoms with Crippen molar-refractivity contribution in [3.05, 3.63) is 102 Å². The van der Waals surface area contributed by atoms with E-state index in [1.54, 1.807) is 43.3 Å². The second-order valence-electron chi connectivity index (χ2n) is 10.3. The maximum absolute atomic E-state index is 13.5. The number of rotatable bonds is 6. The van der Waals surface area contributed by atoms with Gasteiger partial charge in [-0.25, -0.2) is 4.79 Å². The van der Waals surface area contributed by atoms with E-state index in [-0.39, 0.29) is 46.8 Å². The highest BCUT2D eigenvalue weighted by Crippen LogP contribution is 2.61. The molecule has 37 heavy (non-hydrogen) atoms. The van der Waals surface area contributed by atoms with Crippen LogP contribution in [0, 0.1) is 23.7 Å². The molecule has 0 spiro atoms. The van der Waals surface area contributed by atoms with Crippen LogP contribution in [0.4, 0.5) is 5.69 Å². The van der Waals surface area contributed by atoms with Gasteiger partial charge in [-0.2, -0.15) is 0 Å². The predicted molar refractivity (Wildman–Crippen MR) is 137 cm³/mol. The van der Waals surface area contributed by atoms with E-state index in [1.807, 2.05) is 24.3 Å². The first-order valence-electron chi connectivity index (χ1n) is 12.8. The van der Waals surface area contributed by atoms with Crippen LogP contribution >= 0.6 is 0 Å². The van der Waals surface area contributed by atoms with E-state index < -0.39 is 12.1 Å². The molecule has 6 heteroatoms. The molecule has 2 amide bonds. The average molecular weight is 494 g/mol. The van der Waals surface area contributed by atoms with Gasteiger partial charge in [-0.1, -0.05) is 60.7 Å². The van der Waals surface area contributed by atoms with Gasteiger partial charge in [0.25, 0.3) is 0 Å². The van der Waals surface area contributed by atoms with E-state index in [0.29, 0.717) is 17.2 Å². The predicted octanol–water partition coefficient (Wildman–Crippen LogP) is 5.04. The van der Waals surface area contributed by atoms with Crippen molar-refractivity contribution in [2.24, 2.45) is 23.7 Å². The third kappa shape index (κ3) is 3.88. The summed E-state index contributed by atoms with van der Waals surface area (Å²) in [5, 5.41) is 0. The third-order valence-electron chi connectivity index (χ3n) is 8.32. The van der Waals surface area contributed by atoms with E-state index in [1.165, 1.54) is 22.6 Å². The number of hydrogen-bond donors (Lipinski definition) is 0. The smallest absolute Gasteiger partial charge is 0.338 e. The van der Waals surface area contributed by atoms with E-state index in [4.69, 9.17) is 4.74 Å². The number of imide groups is 1. The van der Waals surface area contributed by atoms with Crippen molar-refractivity contribution in [3.63, 3.8) is 0 Å². The molecule has 3 aromatic rings. The number of ketones is 1. The number of ether oxygens (including phenoxy) is 1. The van der Waals surface area contributed by atoms with Crippen LogP contribution < -0.4 is 4.90 Å². The summed E-state index contributed by atoms with van der Waals surface area (Å²) < 4.78 is 5.38. The minimum atomic E-state index is -0.941. The van der Waals surface area contributed by atoms with E-state index in [2.05, 4.69) is 12.1 Å². The first-order chi connectivity index (χ1) is 17.9. The molecule has 3 aromatic carbocycles. The number of fused-ring (bicyclic) bond motifs is 5.